The highest BCUT2D eigenvalue weighted by Crippen LogP contribution is 2.35. The van der Waals surface area contributed by atoms with Crippen molar-refractivity contribution in [1.82, 2.24) is 0 Å². The molecule has 0 aromatic heterocycles. The van der Waals surface area contributed by atoms with Crippen LogP contribution < -0.4 is 19.7 Å². The molecule has 2 amide bonds. The van der Waals surface area contributed by atoms with Crippen LogP contribution in [0.5, 0.6) is 11.5 Å². The molecule has 0 saturated carbocycles. The number of nitrogens with zero attached hydrogens (tertiary/aromatic N) is 1. The lowest BCUT2D eigenvalue weighted by molar-refractivity contribution is -0.120. The number of imide groups is 1. The average molecular weight is 443 g/mol. The molecular formula is C27H26N2O4. The van der Waals surface area contributed by atoms with Crippen LogP contribution >= 0.6 is 0 Å². The quantitative estimate of drug-likeness (QED) is 0.515. The number of ether oxygens (including phenoxy) is 2. The van der Waals surface area contributed by atoms with Gasteiger partial charge in [-0.25, -0.2) is 4.90 Å². The summed E-state index contributed by atoms with van der Waals surface area (Å²) in [6.07, 6.45) is 0. The van der Waals surface area contributed by atoms with Crippen molar-refractivity contribution in [2.75, 3.05) is 23.9 Å². The van der Waals surface area contributed by atoms with Crippen molar-refractivity contribution < 1.29 is 19.1 Å². The highest BCUT2D eigenvalue weighted by molar-refractivity contribution is 6.46. The number of rotatable bonds is 7. The second kappa shape index (κ2) is 9.20. The first-order chi connectivity index (χ1) is 15.9. The summed E-state index contributed by atoms with van der Waals surface area (Å²) >= 11 is 0. The van der Waals surface area contributed by atoms with E-state index in [0.717, 1.165) is 11.1 Å². The number of hydrogen-bond acceptors (Lipinski definition) is 5. The molecule has 0 bridgehead atoms. The minimum atomic E-state index is -0.406. The lowest BCUT2D eigenvalue weighted by atomic mass is 10.0. The van der Waals surface area contributed by atoms with Crippen molar-refractivity contribution in [1.29, 1.82) is 0 Å². The normalized spacial score (nSPS) is 13.5. The zero-order valence-electron chi connectivity index (χ0n) is 19.1. The number of aryl methyl sites for hydroxylation is 2. The summed E-state index contributed by atoms with van der Waals surface area (Å²) in [6, 6.07) is 20.1. The van der Waals surface area contributed by atoms with Crippen molar-refractivity contribution in [2.45, 2.75) is 20.8 Å². The van der Waals surface area contributed by atoms with Crippen LogP contribution in [0.4, 0.5) is 11.4 Å². The average Bonchev–Trinajstić information content (AvgIpc) is 3.03. The number of carbonyl (C=O) groups is 2. The molecule has 33 heavy (non-hydrogen) atoms. The van der Waals surface area contributed by atoms with Crippen LogP contribution in [0.3, 0.4) is 0 Å². The van der Waals surface area contributed by atoms with Crippen LogP contribution in [0.2, 0.25) is 0 Å². The smallest absolute Gasteiger partial charge is 0.282 e. The Hall–Kier alpha value is -4.06. The third-order valence-electron chi connectivity index (χ3n) is 5.34. The molecule has 1 aliphatic rings. The molecule has 6 nitrogen and oxygen atoms in total. The molecule has 3 aromatic rings. The van der Waals surface area contributed by atoms with Gasteiger partial charge in [-0.3, -0.25) is 9.59 Å². The van der Waals surface area contributed by atoms with Crippen LogP contribution in [-0.4, -0.2) is 25.5 Å². The Balaban J connectivity index is 1.81. The molecule has 0 fully saturated rings. The number of anilines is 2. The van der Waals surface area contributed by atoms with Gasteiger partial charge in [0.25, 0.3) is 11.8 Å². The fourth-order valence-corrected chi connectivity index (χ4v) is 3.96. The predicted octanol–water partition coefficient (Wildman–Crippen LogP) is 5.11. The number of benzene rings is 3. The van der Waals surface area contributed by atoms with Crippen LogP contribution in [0.1, 0.15) is 23.6 Å². The van der Waals surface area contributed by atoms with Crippen molar-refractivity contribution >= 4 is 28.8 Å². The summed E-state index contributed by atoms with van der Waals surface area (Å²) in [5, 5.41) is 3.17. The third kappa shape index (κ3) is 4.46. The van der Waals surface area contributed by atoms with Crippen molar-refractivity contribution in [3.05, 3.63) is 89.1 Å². The van der Waals surface area contributed by atoms with Crippen LogP contribution in [0.25, 0.3) is 5.57 Å². The monoisotopic (exact) mass is 442 g/mol. The first kappa shape index (κ1) is 22.1. The number of nitrogens with one attached hydrogen (secondary N) is 1. The van der Waals surface area contributed by atoms with Crippen molar-refractivity contribution in [3.8, 4) is 11.5 Å². The van der Waals surface area contributed by atoms with Gasteiger partial charge in [0.15, 0.2) is 0 Å². The van der Waals surface area contributed by atoms with E-state index in [2.05, 4.69) is 5.32 Å². The number of carbonyl (C=O) groups excluding carboxylic acids is 2. The van der Waals surface area contributed by atoms with E-state index in [1.165, 1.54) is 4.90 Å². The van der Waals surface area contributed by atoms with Crippen molar-refractivity contribution in [3.63, 3.8) is 0 Å². The predicted molar refractivity (Wildman–Crippen MR) is 130 cm³/mol. The van der Waals surface area contributed by atoms with Gasteiger partial charge in [-0.05, 0) is 73.9 Å². The highest BCUT2D eigenvalue weighted by Gasteiger charge is 2.40. The zero-order valence-corrected chi connectivity index (χ0v) is 19.1. The minimum Gasteiger partial charge on any atom is -0.497 e. The summed E-state index contributed by atoms with van der Waals surface area (Å²) in [5.41, 5.74) is 4.31. The van der Waals surface area contributed by atoms with Crippen LogP contribution in [0, 0.1) is 13.8 Å². The van der Waals surface area contributed by atoms with Crippen LogP contribution in [-0.2, 0) is 9.59 Å². The van der Waals surface area contributed by atoms with Gasteiger partial charge in [0.05, 0.1) is 25.0 Å². The second-order valence-corrected chi connectivity index (χ2v) is 7.86. The lowest BCUT2D eigenvalue weighted by Crippen LogP contribution is -2.32. The van der Waals surface area contributed by atoms with Gasteiger partial charge < -0.3 is 14.8 Å². The van der Waals surface area contributed by atoms with Gasteiger partial charge >= 0.3 is 0 Å². The Labute approximate surface area is 193 Å². The fourth-order valence-electron chi connectivity index (χ4n) is 3.96. The Bertz CT molecular complexity index is 1220. The zero-order chi connectivity index (χ0) is 23.5. The standard InChI is InChI=1S/C27H26N2O4/c1-5-33-22-11-9-19(10-12-22)24-25(28-20-7-6-8-23(16-20)32-4)27(31)29(26(24)30)21-14-17(2)13-18(3)15-21/h6-16,28H,5H2,1-4H3. The molecule has 0 spiro atoms. The molecule has 3 aromatic carbocycles. The molecule has 168 valence electrons. The summed E-state index contributed by atoms with van der Waals surface area (Å²) in [6.45, 7) is 6.34. The first-order valence-electron chi connectivity index (χ1n) is 10.8. The van der Waals surface area contributed by atoms with E-state index < -0.39 is 5.91 Å². The van der Waals surface area contributed by atoms with E-state index in [4.69, 9.17) is 9.47 Å². The van der Waals surface area contributed by atoms with Crippen LogP contribution in [0.15, 0.2) is 72.4 Å². The van der Waals surface area contributed by atoms with Gasteiger partial charge in [-0.15, -0.1) is 0 Å². The SMILES string of the molecule is CCOc1ccc(C2=C(Nc3cccc(OC)c3)C(=O)N(c3cc(C)cc(C)c3)C2=O)cc1. The Kier molecular flexibility index (Phi) is 6.18. The Morgan fingerprint density at radius 2 is 1.55 bits per heavy atom. The van der Waals surface area contributed by atoms with Gasteiger partial charge in [0.1, 0.15) is 17.2 Å². The molecule has 6 heteroatoms. The van der Waals surface area contributed by atoms with E-state index >= 15 is 0 Å². The summed E-state index contributed by atoms with van der Waals surface area (Å²) in [7, 11) is 1.58. The fraction of sp³-hybridized carbons (Fsp3) is 0.185. The first-order valence-corrected chi connectivity index (χ1v) is 10.8. The molecular weight excluding hydrogens is 416 g/mol. The summed E-state index contributed by atoms with van der Waals surface area (Å²) in [4.78, 5) is 28.4. The van der Waals surface area contributed by atoms with Crippen molar-refractivity contribution in [2.24, 2.45) is 0 Å². The number of hydrogen-bond donors (Lipinski definition) is 1. The number of methoxy groups -OCH3 is 1. The van der Waals surface area contributed by atoms with Gasteiger partial charge in [-0.1, -0.05) is 24.3 Å². The molecule has 1 aliphatic heterocycles. The molecule has 0 atom stereocenters. The van der Waals surface area contributed by atoms with Gasteiger partial charge in [0.2, 0.25) is 0 Å². The number of amides is 2. The third-order valence-corrected chi connectivity index (χ3v) is 5.34. The Morgan fingerprint density at radius 3 is 2.18 bits per heavy atom. The molecule has 1 heterocycles. The molecule has 0 radical (unpaired) electrons. The molecule has 0 saturated heterocycles. The van der Waals surface area contributed by atoms with E-state index in [1.54, 1.807) is 37.4 Å². The maximum atomic E-state index is 13.6. The van der Waals surface area contributed by atoms with E-state index in [1.807, 2.05) is 57.2 Å². The largest absolute Gasteiger partial charge is 0.497 e. The van der Waals surface area contributed by atoms with Gasteiger partial charge in [-0.2, -0.15) is 0 Å². The molecule has 4 rings (SSSR count). The lowest BCUT2D eigenvalue weighted by Gasteiger charge is -2.17. The van der Waals surface area contributed by atoms with E-state index in [0.29, 0.717) is 40.6 Å². The summed E-state index contributed by atoms with van der Waals surface area (Å²) < 4.78 is 10.8. The molecule has 1 N–H and O–H groups in total. The van der Waals surface area contributed by atoms with Gasteiger partial charge in [0, 0.05) is 11.8 Å². The highest BCUT2D eigenvalue weighted by atomic mass is 16.5. The Morgan fingerprint density at radius 1 is 0.848 bits per heavy atom. The summed E-state index contributed by atoms with van der Waals surface area (Å²) in [5.74, 6) is 0.564. The maximum Gasteiger partial charge on any atom is 0.282 e. The molecule has 0 unspecified atom stereocenters. The van der Waals surface area contributed by atoms with E-state index in [-0.39, 0.29) is 11.6 Å². The minimum absolute atomic E-state index is 0.219. The van der Waals surface area contributed by atoms with E-state index in [9.17, 15) is 9.59 Å². The maximum absolute atomic E-state index is 13.6. The second-order valence-electron chi connectivity index (χ2n) is 7.86. The molecule has 0 aliphatic carbocycles. The topological polar surface area (TPSA) is 67.9 Å².